The number of hydrogen-bond donors (Lipinski definition) is 1. The highest BCUT2D eigenvalue weighted by atomic mass is 32.1. The van der Waals surface area contributed by atoms with E-state index in [1.54, 1.807) is 0 Å². The van der Waals surface area contributed by atoms with E-state index in [0.717, 1.165) is 12.8 Å². The maximum absolute atomic E-state index is 6.18. The van der Waals surface area contributed by atoms with Gasteiger partial charge in [-0.25, -0.2) is 0 Å². The summed E-state index contributed by atoms with van der Waals surface area (Å²) in [7, 11) is 0. The molecule has 0 saturated carbocycles. The summed E-state index contributed by atoms with van der Waals surface area (Å²) in [5.74, 6) is 0. The standard InChI is InChI=1S/C13H23NS/c1-5-10-6-7-12(15-10)11(14)8-9-13(2,3)4/h6-7,11H,5,8-9,14H2,1-4H3. The second-order valence-electron chi connectivity index (χ2n) is 5.36. The highest BCUT2D eigenvalue weighted by molar-refractivity contribution is 7.12. The maximum Gasteiger partial charge on any atom is 0.0390 e. The average molecular weight is 225 g/mol. The molecule has 15 heavy (non-hydrogen) atoms. The zero-order valence-corrected chi connectivity index (χ0v) is 11.2. The molecule has 1 aromatic heterocycles. The SMILES string of the molecule is CCc1ccc(C(N)CCC(C)(C)C)s1. The molecule has 1 aromatic rings. The number of nitrogens with two attached hydrogens (primary N) is 1. The van der Waals surface area contributed by atoms with Gasteiger partial charge in [-0.3, -0.25) is 0 Å². The minimum atomic E-state index is 0.231. The molecule has 1 atom stereocenters. The second-order valence-corrected chi connectivity index (χ2v) is 6.56. The van der Waals surface area contributed by atoms with Gasteiger partial charge < -0.3 is 5.73 Å². The Morgan fingerprint density at radius 3 is 2.47 bits per heavy atom. The molecule has 2 N–H and O–H groups in total. The molecule has 1 heterocycles. The summed E-state index contributed by atoms with van der Waals surface area (Å²) in [5.41, 5.74) is 6.57. The molecule has 86 valence electrons. The van der Waals surface area contributed by atoms with Crippen molar-refractivity contribution in [1.29, 1.82) is 0 Å². The van der Waals surface area contributed by atoms with Crippen LogP contribution in [0.15, 0.2) is 12.1 Å². The van der Waals surface area contributed by atoms with Crippen molar-refractivity contribution >= 4 is 11.3 Å². The van der Waals surface area contributed by atoms with E-state index in [9.17, 15) is 0 Å². The van der Waals surface area contributed by atoms with Crippen molar-refractivity contribution < 1.29 is 0 Å². The van der Waals surface area contributed by atoms with Crippen molar-refractivity contribution in [2.75, 3.05) is 0 Å². The fourth-order valence-electron chi connectivity index (χ4n) is 1.51. The lowest BCUT2D eigenvalue weighted by Gasteiger charge is -2.20. The number of rotatable bonds is 4. The zero-order valence-electron chi connectivity index (χ0n) is 10.3. The van der Waals surface area contributed by atoms with E-state index in [4.69, 9.17) is 5.73 Å². The molecule has 0 aliphatic carbocycles. The molecule has 0 aliphatic rings. The highest BCUT2D eigenvalue weighted by Crippen LogP contribution is 2.29. The van der Waals surface area contributed by atoms with E-state index in [-0.39, 0.29) is 6.04 Å². The van der Waals surface area contributed by atoms with Crippen LogP contribution in [0, 0.1) is 5.41 Å². The Morgan fingerprint density at radius 2 is 2.00 bits per heavy atom. The van der Waals surface area contributed by atoms with Crippen LogP contribution in [0.2, 0.25) is 0 Å². The summed E-state index contributed by atoms with van der Waals surface area (Å²) in [4.78, 5) is 2.78. The lowest BCUT2D eigenvalue weighted by molar-refractivity contribution is 0.351. The van der Waals surface area contributed by atoms with Crippen LogP contribution < -0.4 is 5.73 Å². The first kappa shape index (κ1) is 12.7. The van der Waals surface area contributed by atoms with E-state index in [0.29, 0.717) is 5.41 Å². The Kier molecular flexibility index (Phi) is 4.35. The smallest absolute Gasteiger partial charge is 0.0390 e. The number of aryl methyl sites for hydroxylation is 1. The molecule has 2 heteroatoms. The second kappa shape index (κ2) is 5.13. The van der Waals surface area contributed by atoms with E-state index >= 15 is 0 Å². The minimum Gasteiger partial charge on any atom is -0.323 e. The topological polar surface area (TPSA) is 26.0 Å². The molecule has 1 rings (SSSR count). The van der Waals surface area contributed by atoms with Gasteiger partial charge in [0, 0.05) is 15.8 Å². The van der Waals surface area contributed by atoms with Gasteiger partial charge in [-0.15, -0.1) is 11.3 Å². The maximum atomic E-state index is 6.18. The molecule has 0 amide bonds. The Hall–Kier alpha value is -0.340. The molecule has 0 saturated heterocycles. The average Bonchev–Trinajstić information content (AvgIpc) is 2.61. The van der Waals surface area contributed by atoms with Gasteiger partial charge in [-0.1, -0.05) is 27.7 Å². The van der Waals surface area contributed by atoms with Gasteiger partial charge in [0.05, 0.1) is 0 Å². The third-order valence-corrected chi connectivity index (χ3v) is 3.96. The van der Waals surface area contributed by atoms with Crippen LogP contribution in [0.5, 0.6) is 0 Å². The minimum absolute atomic E-state index is 0.231. The predicted octanol–water partition coefficient (Wildman–Crippen LogP) is 4.14. The lowest BCUT2D eigenvalue weighted by Crippen LogP contribution is -2.13. The van der Waals surface area contributed by atoms with Crippen LogP contribution in [0.1, 0.15) is 56.3 Å². The van der Waals surface area contributed by atoms with Crippen molar-refractivity contribution in [1.82, 2.24) is 0 Å². The van der Waals surface area contributed by atoms with E-state index in [2.05, 4.69) is 39.8 Å². The molecule has 0 bridgehead atoms. The fourth-order valence-corrected chi connectivity index (χ4v) is 2.50. The van der Waals surface area contributed by atoms with Crippen LogP contribution in [0.3, 0.4) is 0 Å². The van der Waals surface area contributed by atoms with Gasteiger partial charge in [0.1, 0.15) is 0 Å². The molecular formula is C13H23NS. The van der Waals surface area contributed by atoms with Gasteiger partial charge in [0.15, 0.2) is 0 Å². The summed E-state index contributed by atoms with van der Waals surface area (Å²) < 4.78 is 0. The fraction of sp³-hybridized carbons (Fsp3) is 0.692. The van der Waals surface area contributed by atoms with Crippen LogP contribution >= 0.6 is 11.3 Å². The number of thiophene rings is 1. The van der Waals surface area contributed by atoms with E-state index < -0.39 is 0 Å². The van der Waals surface area contributed by atoms with Crippen molar-refractivity contribution in [2.45, 2.75) is 53.0 Å². The normalized spacial score (nSPS) is 14.2. The van der Waals surface area contributed by atoms with Gasteiger partial charge in [0.2, 0.25) is 0 Å². The first-order valence-corrected chi connectivity index (χ1v) is 6.58. The molecule has 0 aliphatic heterocycles. The molecule has 0 fully saturated rings. The van der Waals surface area contributed by atoms with E-state index in [1.807, 2.05) is 11.3 Å². The summed E-state index contributed by atoms with van der Waals surface area (Å²) in [6.07, 6.45) is 3.40. The third-order valence-electron chi connectivity index (χ3n) is 2.60. The molecular weight excluding hydrogens is 202 g/mol. The monoisotopic (exact) mass is 225 g/mol. The quantitative estimate of drug-likeness (QED) is 0.819. The zero-order chi connectivity index (χ0) is 11.5. The largest absolute Gasteiger partial charge is 0.323 e. The van der Waals surface area contributed by atoms with Gasteiger partial charge in [-0.2, -0.15) is 0 Å². The van der Waals surface area contributed by atoms with Crippen molar-refractivity contribution in [3.05, 3.63) is 21.9 Å². The van der Waals surface area contributed by atoms with Gasteiger partial charge in [-0.05, 0) is 36.8 Å². The predicted molar refractivity (Wildman–Crippen MR) is 69.3 cm³/mol. The van der Waals surface area contributed by atoms with Crippen molar-refractivity contribution in [3.63, 3.8) is 0 Å². The van der Waals surface area contributed by atoms with Crippen LogP contribution in [0.25, 0.3) is 0 Å². The lowest BCUT2D eigenvalue weighted by atomic mass is 9.88. The van der Waals surface area contributed by atoms with Crippen molar-refractivity contribution in [3.8, 4) is 0 Å². The molecule has 0 radical (unpaired) electrons. The summed E-state index contributed by atoms with van der Waals surface area (Å²) in [6, 6.07) is 4.63. The Balaban J connectivity index is 2.50. The summed E-state index contributed by atoms with van der Waals surface area (Å²) >= 11 is 1.87. The molecule has 1 nitrogen and oxygen atoms in total. The Labute approximate surface area is 97.7 Å². The van der Waals surface area contributed by atoms with Gasteiger partial charge >= 0.3 is 0 Å². The summed E-state index contributed by atoms with van der Waals surface area (Å²) in [6.45, 7) is 9.00. The first-order valence-electron chi connectivity index (χ1n) is 5.76. The Morgan fingerprint density at radius 1 is 1.33 bits per heavy atom. The van der Waals surface area contributed by atoms with E-state index in [1.165, 1.54) is 16.2 Å². The molecule has 1 unspecified atom stereocenters. The number of hydrogen-bond acceptors (Lipinski definition) is 2. The van der Waals surface area contributed by atoms with Crippen LogP contribution in [-0.2, 0) is 6.42 Å². The summed E-state index contributed by atoms with van der Waals surface area (Å²) in [5, 5.41) is 0. The first-order chi connectivity index (χ1) is 6.92. The Bertz CT molecular complexity index is 296. The molecule has 0 spiro atoms. The molecule has 0 aromatic carbocycles. The highest BCUT2D eigenvalue weighted by Gasteiger charge is 2.14. The van der Waals surface area contributed by atoms with Crippen molar-refractivity contribution in [2.24, 2.45) is 11.1 Å². The van der Waals surface area contributed by atoms with Crippen LogP contribution in [-0.4, -0.2) is 0 Å². The van der Waals surface area contributed by atoms with Crippen LogP contribution in [0.4, 0.5) is 0 Å². The third kappa shape index (κ3) is 4.35. The van der Waals surface area contributed by atoms with Gasteiger partial charge in [0.25, 0.3) is 0 Å².